The van der Waals surface area contributed by atoms with E-state index in [1.54, 1.807) is 0 Å². The van der Waals surface area contributed by atoms with Gasteiger partial charge in [0.1, 0.15) is 0 Å². The van der Waals surface area contributed by atoms with Crippen LogP contribution >= 0.6 is 23.2 Å². The standard InChI is InChI=1S/C19H26Cl2.Ti/c1-7-13-15(9-11(3)17(13)20)19(5,6)16-10-12(4)18(21)14(16)8-2;/h9-12H,7-8H2,1-6H3;. The van der Waals surface area contributed by atoms with E-state index in [0.29, 0.717) is 11.8 Å². The van der Waals surface area contributed by atoms with Gasteiger partial charge in [0.25, 0.3) is 0 Å². The Balaban J connectivity index is 0.00000242. The summed E-state index contributed by atoms with van der Waals surface area (Å²) in [5, 5.41) is 2.03. The summed E-state index contributed by atoms with van der Waals surface area (Å²) in [6, 6.07) is 0. The van der Waals surface area contributed by atoms with Gasteiger partial charge in [-0.05, 0) is 35.1 Å². The van der Waals surface area contributed by atoms with Crippen LogP contribution < -0.4 is 0 Å². The number of hydrogen-bond acceptors (Lipinski definition) is 0. The van der Waals surface area contributed by atoms with Crippen molar-refractivity contribution in [1.82, 2.24) is 0 Å². The average molecular weight is 373 g/mol. The summed E-state index contributed by atoms with van der Waals surface area (Å²) in [6.45, 7) is 13.3. The molecule has 0 amide bonds. The molecule has 0 saturated heterocycles. The Kier molecular flexibility index (Phi) is 6.86. The molecule has 0 N–H and O–H groups in total. The van der Waals surface area contributed by atoms with Crippen LogP contribution in [0.5, 0.6) is 0 Å². The molecule has 2 rings (SSSR count). The minimum atomic E-state index is -0.0352. The smallest absolute Gasteiger partial charge is 0.0281 e. The predicted molar refractivity (Wildman–Crippen MR) is 94.6 cm³/mol. The van der Waals surface area contributed by atoms with Crippen molar-refractivity contribution in [3.05, 3.63) is 44.5 Å². The third-order valence-electron chi connectivity index (χ3n) is 4.91. The Hall–Kier alpha value is 0.254. The molecule has 0 bridgehead atoms. The van der Waals surface area contributed by atoms with Gasteiger partial charge < -0.3 is 0 Å². The van der Waals surface area contributed by atoms with E-state index in [1.807, 2.05) is 0 Å². The van der Waals surface area contributed by atoms with Crippen LogP contribution in [0, 0.1) is 17.3 Å². The summed E-state index contributed by atoms with van der Waals surface area (Å²) >= 11 is 13.1. The van der Waals surface area contributed by atoms with E-state index >= 15 is 0 Å². The molecule has 0 aromatic carbocycles. The molecule has 0 aromatic heterocycles. The summed E-state index contributed by atoms with van der Waals surface area (Å²) in [5.74, 6) is 0.666. The monoisotopic (exact) mass is 372 g/mol. The summed E-state index contributed by atoms with van der Waals surface area (Å²) in [7, 11) is 0. The fourth-order valence-corrected chi connectivity index (χ4v) is 4.29. The summed E-state index contributed by atoms with van der Waals surface area (Å²) in [5.41, 5.74) is 5.38. The molecule has 0 nitrogen and oxygen atoms in total. The van der Waals surface area contributed by atoms with Gasteiger partial charge in [-0.15, -0.1) is 0 Å². The first-order chi connectivity index (χ1) is 9.75. The van der Waals surface area contributed by atoms with Gasteiger partial charge in [-0.1, -0.05) is 76.9 Å². The van der Waals surface area contributed by atoms with Gasteiger partial charge in [-0.3, -0.25) is 0 Å². The molecular formula is C19H26Cl2Ti. The first kappa shape index (κ1) is 20.3. The Labute approximate surface area is 160 Å². The topological polar surface area (TPSA) is 0 Å². The molecule has 0 aliphatic heterocycles. The minimum Gasteiger partial charge on any atom is -0.0882 e. The van der Waals surface area contributed by atoms with E-state index < -0.39 is 0 Å². The second-order valence-electron chi connectivity index (χ2n) is 6.72. The molecule has 0 aromatic rings. The number of rotatable bonds is 4. The van der Waals surface area contributed by atoms with E-state index in [9.17, 15) is 0 Å². The summed E-state index contributed by atoms with van der Waals surface area (Å²) < 4.78 is 0. The Morgan fingerprint density at radius 1 is 0.864 bits per heavy atom. The van der Waals surface area contributed by atoms with Gasteiger partial charge in [-0.2, -0.15) is 0 Å². The molecule has 0 radical (unpaired) electrons. The zero-order valence-corrected chi connectivity index (χ0v) is 17.6. The van der Waals surface area contributed by atoms with Crippen molar-refractivity contribution in [2.75, 3.05) is 0 Å². The molecule has 2 unspecified atom stereocenters. The van der Waals surface area contributed by atoms with Crippen molar-refractivity contribution in [2.45, 2.75) is 54.4 Å². The summed E-state index contributed by atoms with van der Waals surface area (Å²) in [4.78, 5) is 0. The second-order valence-corrected chi connectivity index (χ2v) is 7.54. The van der Waals surface area contributed by atoms with E-state index in [1.165, 1.54) is 22.3 Å². The van der Waals surface area contributed by atoms with Gasteiger partial charge in [0.2, 0.25) is 0 Å². The molecule has 22 heavy (non-hydrogen) atoms. The fourth-order valence-electron chi connectivity index (χ4n) is 3.69. The van der Waals surface area contributed by atoms with Crippen LogP contribution in [0.25, 0.3) is 0 Å². The molecule has 2 aliphatic carbocycles. The number of halogens is 2. The Morgan fingerprint density at radius 3 is 1.45 bits per heavy atom. The van der Waals surface area contributed by atoms with Crippen molar-refractivity contribution >= 4 is 23.2 Å². The third-order valence-corrected chi connectivity index (χ3v) is 6.06. The zero-order valence-electron chi connectivity index (χ0n) is 14.5. The van der Waals surface area contributed by atoms with Crippen LogP contribution in [0.3, 0.4) is 0 Å². The van der Waals surface area contributed by atoms with Crippen LogP contribution in [0.15, 0.2) is 44.5 Å². The number of allylic oxidation sites excluding steroid dienone is 8. The Bertz CT molecular complexity index is 526. The zero-order chi connectivity index (χ0) is 15.9. The van der Waals surface area contributed by atoms with E-state index in [2.05, 4.69) is 53.7 Å². The first-order valence-corrected chi connectivity index (χ1v) is 8.73. The predicted octanol–water partition coefficient (Wildman–Crippen LogP) is 6.97. The van der Waals surface area contributed by atoms with Crippen molar-refractivity contribution in [3.8, 4) is 0 Å². The fraction of sp³-hybridized carbons (Fsp3) is 0.579. The molecule has 0 saturated carbocycles. The van der Waals surface area contributed by atoms with Gasteiger partial charge in [0.15, 0.2) is 0 Å². The molecule has 2 aliphatic rings. The number of hydrogen-bond donors (Lipinski definition) is 0. The van der Waals surface area contributed by atoms with Gasteiger partial charge in [0.05, 0.1) is 0 Å². The van der Waals surface area contributed by atoms with Crippen LogP contribution in [0.1, 0.15) is 54.4 Å². The molecule has 3 heteroatoms. The van der Waals surface area contributed by atoms with Crippen molar-refractivity contribution < 1.29 is 21.7 Å². The molecule has 0 spiro atoms. The minimum absolute atomic E-state index is 0. The van der Waals surface area contributed by atoms with Crippen LogP contribution in [0.4, 0.5) is 0 Å². The molecule has 2 atom stereocenters. The third kappa shape index (κ3) is 3.22. The van der Waals surface area contributed by atoms with Crippen LogP contribution in [0.2, 0.25) is 0 Å². The van der Waals surface area contributed by atoms with E-state index in [4.69, 9.17) is 23.2 Å². The first-order valence-electron chi connectivity index (χ1n) is 7.98. The largest absolute Gasteiger partial charge is 0.0882 e. The quantitative estimate of drug-likeness (QED) is 0.467. The van der Waals surface area contributed by atoms with Crippen LogP contribution in [-0.2, 0) is 21.7 Å². The van der Waals surface area contributed by atoms with Gasteiger partial charge in [-0.25, -0.2) is 0 Å². The normalized spacial score (nSPS) is 25.5. The molecule has 0 fully saturated rings. The Morgan fingerprint density at radius 2 is 1.18 bits per heavy atom. The van der Waals surface area contributed by atoms with Crippen LogP contribution in [-0.4, -0.2) is 0 Å². The van der Waals surface area contributed by atoms with Gasteiger partial charge >= 0.3 is 0 Å². The van der Waals surface area contributed by atoms with Crippen molar-refractivity contribution in [3.63, 3.8) is 0 Å². The molecular weight excluding hydrogens is 347 g/mol. The van der Waals surface area contributed by atoms with E-state index in [-0.39, 0.29) is 27.1 Å². The maximum Gasteiger partial charge on any atom is 0.0281 e. The maximum atomic E-state index is 6.53. The average Bonchev–Trinajstić information content (AvgIpc) is 2.89. The second kappa shape index (κ2) is 7.43. The van der Waals surface area contributed by atoms with Gasteiger partial charge in [0, 0.05) is 49.0 Å². The summed E-state index contributed by atoms with van der Waals surface area (Å²) in [6.07, 6.45) is 6.65. The van der Waals surface area contributed by atoms with E-state index in [0.717, 1.165) is 22.9 Å². The maximum absolute atomic E-state index is 6.53. The van der Waals surface area contributed by atoms with Crippen molar-refractivity contribution in [1.29, 1.82) is 0 Å². The molecule has 120 valence electrons. The molecule has 0 heterocycles. The van der Waals surface area contributed by atoms with Crippen molar-refractivity contribution in [2.24, 2.45) is 17.3 Å². The SMILES string of the molecule is CCC1=C(Cl)C(C)C=C1C(C)(C)C1=CC(C)C(Cl)=C1CC.[Ti].